The molecule has 0 aliphatic carbocycles. The lowest BCUT2D eigenvalue weighted by atomic mass is 10.2. The highest BCUT2D eigenvalue weighted by atomic mass is 16.5. The summed E-state index contributed by atoms with van der Waals surface area (Å²) >= 11 is 0. The lowest BCUT2D eigenvalue weighted by molar-refractivity contribution is -0.137. The Kier molecular flexibility index (Phi) is 4.36. The van der Waals surface area contributed by atoms with Crippen LogP contribution in [0.5, 0.6) is 0 Å². The number of ether oxygens (including phenoxy) is 1. The SMILES string of the molecule is CC(NCC#N)C(=O)N1CCOCC1. The van der Waals surface area contributed by atoms with Crippen LogP contribution >= 0.6 is 0 Å². The van der Waals surface area contributed by atoms with Crippen molar-refractivity contribution in [3.8, 4) is 6.07 Å². The lowest BCUT2D eigenvalue weighted by Gasteiger charge is -2.29. The molecule has 5 nitrogen and oxygen atoms in total. The van der Waals surface area contributed by atoms with Crippen molar-refractivity contribution >= 4 is 5.91 Å². The zero-order valence-corrected chi connectivity index (χ0v) is 8.32. The van der Waals surface area contributed by atoms with Crippen molar-refractivity contribution < 1.29 is 9.53 Å². The Balaban J connectivity index is 2.35. The summed E-state index contributed by atoms with van der Waals surface area (Å²) in [5, 5.41) is 11.2. The molecule has 0 aromatic rings. The van der Waals surface area contributed by atoms with E-state index in [4.69, 9.17) is 10.00 Å². The fourth-order valence-electron chi connectivity index (χ4n) is 1.34. The number of hydrogen-bond acceptors (Lipinski definition) is 4. The minimum absolute atomic E-state index is 0.0450. The molecule has 0 spiro atoms. The molecule has 1 saturated heterocycles. The van der Waals surface area contributed by atoms with E-state index in [1.165, 1.54) is 0 Å². The van der Waals surface area contributed by atoms with Gasteiger partial charge in [-0.15, -0.1) is 0 Å². The molecule has 1 heterocycles. The van der Waals surface area contributed by atoms with Crippen LogP contribution in [0.3, 0.4) is 0 Å². The second-order valence-electron chi connectivity index (χ2n) is 3.20. The molecule has 0 saturated carbocycles. The van der Waals surface area contributed by atoms with Crippen LogP contribution in [0, 0.1) is 11.3 Å². The summed E-state index contributed by atoms with van der Waals surface area (Å²) in [4.78, 5) is 13.5. The number of carbonyl (C=O) groups is 1. The average Bonchev–Trinajstić information content (AvgIpc) is 2.26. The van der Waals surface area contributed by atoms with Crippen LogP contribution in [0.15, 0.2) is 0 Å². The largest absolute Gasteiger partial charge is 0.378 e. The first-order chi connectivity index (χ1) is 6.75. The van der Waals surface area contributed by atoms with Crippen LogP contribution in [0.2, 0.25) is 0 Å². The number of hydrogen-bond donors (Lipinski definition) is 1. The van der Waals surface area contributed by atoms with Crippen molar-refractivity contribution in [3.63, 3.8) is 0 Å². The molecule has 1 aliphatic heterocycles. The van der Waals surface area contributed by atoms with Gasteiger partial charge in [0.15, 0.2) is 0 Å². The molecule has 0 radical (unpaired) electrons. The Hall–Kier alpha value is -1.12. The fraction of sp³-hybridized carbons (Fsp3) is 0.778. The second kappa shape index (κ2) is 5.58. The van der Waals surface area contributed by atoms with Gasteiger partial charge in [-0.25, -0.2) is 0 Å². The average molecular weight is 197 g/mol. The molecule has 5 heteroatoms. The van der Waals surface area contributed by atoms with Crippen molar-refractivity contribution in [1.82, 2.24) is 10.2 Å². The minimum Gasteiger partial charge on any atom is -0.378 e. The number of nitriles is 1. The van der Waals surface area contributed by atoms with Crippen molar-refractivity contribution in [1.29, 1.82) is 5.26 Å². The molecule has 78 valence electrons. The van der Waals surface area contributed by atoms with Crippen molar-refractivity contribution in [2.75, 3.05) is 32.8 Å². The van der Waals surface area contributed by atoms with Crippen LogP contribution < -0.4 is 5.32 Å². The van der Waals surface area contributed by atoms with Gasteiger partial charge >= 0.3 is 0 Å². The van der Waals surface area contributed by atoms with Gasteiger partial charge in [-0.1, -0.05) is 0 Å². The first-order valence-corrected chi connectivity index (χ1v) is 4.72. The summed E-state index contributed by atoms with van der Waals surface area (Å²) in [6, 6.07) is 1.67. The standard InChI is InChI=1S/C9H15N3O2/c1-8(11-3-2-10)9(13)12-4-6-14-7-5-12/h8,11H,3-7H2,1H3. The molecular formula is C9H15N3O2. The van der Waals surface area contributed by atoms with Crippen LogP contribution in [0.25, 0.3) is 0 Å². The Bertz CT molecular complexity index is 231. The van der Waals surface area contributed by atoms with Gasteiger partial charge in [0.1, 0.15) is 0 Å². The highest BCUT2D eigenvalue weighted by Crippen LogP contribution is 2.00. The summed E-state index contributed by atoms with van der Waals surface area (Å²) in [5.41, 5.74) is 0. The highest BCUT2D eigenvalue weighted by Gasteiger charge is 2.21. The van der Waals surface area contributed by atoms with Crippen molar-refractivity contribution in [2.45, 2.75) is 13.0 Å². The van der Waals surface area contributed by atoms with Crippen LogP contribution in [0.1, 0.15) is 6.92 Å². The van der Waals surface area contributed by atoms with Gasteiger partial charge in [-0.05, 0) is 6.92 Å². The van der Waals surface area contributed by atoms with E-state index in [1.807, 2.05) is 6.07 Å². The molecule has 1 unspecified atom stereocenters. The first-order valence-electron chi connectivity index (χ1n) is 4.72. The summed E-state index contributed by atoms with van der Waals surface area (Å²) < 4.78 is 5.14. The van der Waals surface area contributed by atoms with Crippen molar-refractivity contribution in [3.05, 3.63) is 0 Å². The quantitative estimate of drug-likeness (QED) is 0.610. The Morgan fingerprint density at radius 1 is 1.64 bits per heavy atom. The molecule has 1 aliphatic rings. The van der Waals surface area contributed by atoms with E-state index in [-0.39, 0.29) is 18.5 Å². The molecule has 1 rings (SSSR count). The third-order valence-electron chi connectivity index (χ3n) is 2.18. The molecule has 1 amide bonds. The first kappa shape index (κ1) is 11.0. The van der Waals surface area contributed by atoms with E-state index in [9.17, 15) is 4.79 Å². The zero-order chi connectivity index (χ0) is 10.4. The van der Waals surface area contributed by atoms with E-state index in [0.717, 1.165) is 0 Å². The normalized spacial score (nSPS) is 18.7. The maximum Gasteiger partial charge on any atom is 0.239 e. The summed E-state index contributed by atoms with van der Waals surface area (Å²) in [6.07, 6.45) is 0. The number of nitrogens with zero attached hydrogens (tertiary/aromatic N) is 2. The number of morpholine rings is 1. The van der Waals surface area contributed by atoms with Gasteiger partial charge in [0.25, 0.3) is 0 Å². The summed E-state index contributed by atoms with van der Waals surface area (Å²) in [5.74, 6) is 0.0450. The predicted octanol–water partition coefficient (Wildman–Crippen LogP) is -0.653. The molecule has 0 aromatic carbocycles. The van der Waals surface area contributed by atoms with Crippen LogP contribution in [0.4, 0.5) is 0 Å². The Labute approximate surface area is 83.6 Å². The lowest BCUT2D eigenvalue weighted by Crippen LogP contribution is -2.49. The van der Waals surface area contributed by atoms with Crippen molar-refractivity contribution in [2.24, 2.45) is 0 Å². The Morgan fingerprint density at radius 2 is 2.29 bits per heavy atom. The number of carbonyl (C=O) groups excluding carboxylic acids is 1. The molecule has 0 aromatic heterocycles. The van der Waals surface area contributed by atoms with E-state index in [1.54, 1.807) is 11.8 Å². The molecule has 1 N–H and O–H groups in total. The highest BCUT2D eigenvalue weighted by molar-refractivity contribution is 5.81. The maximum atomic E-state index is 11.7. The predicted molar refractivity (Wildman–Crippen MR) is 50.5 cm³/mol. The molecule has 1 fully saturated rings. The Morgan fingerprint density at radius 3 is 2.86 bits per heavy atom. The fourth-order valence-corrected chi connectivity index (χ4v) is 1.34. The van der Waals surface area contributed by atoms with Gasteiger partial charge in [0.05, 0.1) is 31.9 Å². The van der Waals surface area contributed by atoms with E-state index in [0.29, 0.717) is 26.3 Å². The van der Waals surface area contributed by atoms with Gasteiger partial charge in [-0.2, -0.15) is 5.26 Å². The topological polar surface area (TPSA) is 65.4 Å². The number of amides is 1. The van der Waals surface area contributed by atoms with Crippen LogP contribution in [-0.2, 0) is 9.53 Å². The molecule has 1 atom stereocenters. The van der Waals surface area contributed by atoms with Crippen LogP contribution in [-0.4, -0.2) is 49.7 Å². The monoisotopic (exact) mass is 197 g/mol. The third kappa shape index (κ3) is 2.98. The van der Waals surface area contributed by atoms with E-state index in [2.05, 4.69) is 5.32 Å². The second-order valence-corrected chi connectivity index (χ2v) is 3.20. The van der Waals surface area contributed by atoms with E-state index >= 15 is 0 Å². The molecule has 14 heavy (non-hydrogen) atoms. The third-order valence-corrected chi connectivity index (χ3v) is 2.18. The summed E-state index contributed by atoms with van der Waals surface area (Å²) in [6.45, 7) is 4.49. The summed E-state index contributed by atoms with van der Waals surface area (Å²) in [7, 11) is 0. The minimum atomic E-state index is -0.284. The number of rotatable bonds is 3. The van der Waals surface area contributed by atoms with Gasteiger partial charge in [0.2, 0.25) is 5.91 Å². The molecular weight excluding hydrogens is 182 g/mol. The smallest absolute Gasteiger partial charge is 0.239 e. The van der Waals surface area contributed by atoms with Gasteiger partial charge in [-0.3, -0.25) is 10.1 Å². The van der Waals surface area contributed by atoms with Gasteiger partial charge in [0, 0.05) is 13.1 Å². The van der Waals surface area contributed by atoms with Gasteiger partial charge < -0.3 is 9.64 Å². The maximum absolute atomic E-state index is 11.7. The van der Waals surface area contributed by atoms with E-state index < -0.39 is 0 Å². The molecule has 0 bridgehead atoms. The number of nitrogens with one attached hydrogen (secondary N) is 1. The zero-order valence-electron chi connectivity index (χ0n) is 8.32.